The molecule has 0 saturated heterocycles. The summed E-state index contributed by atoms with van der Waals surface area (Å²) in [5, 5.41) is 0. The van der Waals surface area contributed by atoms with Gasteiger partial charge in [-0.3, -0.25) is 0 Å². The third-order valence-corrected chi connectivity index (χ3v) is 6.73. The Balaban J connectivity index is 1.85. The van der Waals surface area contributed by atoms with Crippen LogP contribution in [0.5, 0.6) is 5.75 Å². The van der Waals surface area contributed by atoms with Gasteiger partial charge in [-0.25, -0.2) is 4.79 Å². The minimum atomic E-state index is -0.392. The zero-order chi connectivity index (χ0) is 21.5. The van der Waals surface area contributed by atoms with Gasteiger partial charge in [-0.15, -0.1) is 0 Å². The second-order valence-corrected chi connectivity index (χ2v) is 9.11. The van der Waals surface area contributed by atoms with Crippen molar-refractivity contribution in [2.24, 2.45) is 0 Å². The first-order valence-electron chi connectivity index (χ1n) is 9.88. The number of rotatable bonds is 8. The molecular formula is C26H27O3S+. The first-order valence-corrected chi connectivity index (χ1v) is 11.1. The maximum absolute atomic E-state index is 11.5. The third-order valence-electron chi connectivity index (χ3n) is 4.54. The molecule has 30 heavy (non-hydrogen) atoms. The van der Waals surface area contributed by atoms with Crippen molar-refractivity contribution >= 4 is 16.9 Å². The van der Waals surface area contributed by atoms with E-state index in [2.05, 4.69) is 81.1 Å². The summed E-state index contributed by atoms with van der Waals surface area (Å²) >= 11 is 0. The van der Waals surface area contributed by atoms with E-state index in [-0.39, 0.29) is 17.5 Å². The maximum atomic E-state index is 11.5. The molecule has 0 bridgehead atoms. The van der Waals surface area contributed by atoms with Gasteiger partial charge in [-0.1, -0.05) is 43.0 Å². The molecule has 0 spiro atoms. The Morgan fingerprint density at radius 2 is 1.33 bits per heavy atom. The van der Waals surface area contributed by atoms with Crippen LogP contribution in [0.15, 0.2) is 99.6 Å². The van der Waals surface area contributed by atoms with Gasteiger partial charge in [0.25, 0.3) is 0 Å². The van der Waals surface area contributed by atoms with Crippen LogP contribution in [-0.4, -0.2) is 19.2 Å². The number of carbonyl (C=O) groups excluding carboxylic acids is 1. The molecule has 0 atom stereocenters. The van der Waals surface area contributed by atoms with Crippen LogP contribution in [0.4, 0.5) is 0 Å². The number of esters is 1. The fraction of sp³-hybridized carbons (Fsp3) is 0.192. The highest BCUT2D eigenvalue weighted by molar-refractivity contribution is 7.97. The molecule has 0 saturated carbocycles. The summed E-state index contributed by atoms with van der Waals surface area (Å²) in [5.74, 6) is 0.451. The van der Waals surface area contributed by atoms with Gasteiger partial charge in [-0.05, 0) is 56.2 Å². The first kappa shape index (κ1) is 21.7. The quantitative estimate of drug-likeness (QED) is 0.197. The van der Waals surface area contributed by atoms with Crippen molar-refractivity contribution in [1.29, 1.82) is 0 Å². The molecule has 0 fully saturated rings. The fourth-order valence-corrected chi connectivity index (χ4v) is 5.44. The summed E-state index contributed by atoms with van der Waals surface area (Å²) in [5.41, 5.74) is 2.53. The van der Waals surface area contributed by atoms with E-state index in [4.69, 9.17) is 9.47 Å². The van der Waals surface area contributed by atoms with E-state index in [0.717, 1.165) is 16.9 Å². The number of carbonyl (C=O) groups is 1. The lowest BCUT2D eigenvalue weighted by Crippen LogP contribution is -2.13. The highest BCUT2D eigenvalue weighted by Crippen LogP contribution is 2.35. The molecule has 4 heteroatoms. The van der Waals surface area contributed by atoms with Crippen molar-refractivity contribution in [3.63, 3.8) is 0 Å². The normalized spacial score (nSPS) is 10.7. The Morgan fingerprint density at radius 1 is 0.833 bits per heavy atom. The topological polar surface area (TPSA) is 35.5 Å². The SMILES string of the molecule is C=C(C)C(=O)OCCOc1c(C)cc([S+](c2ccccc2)c2ccccc2)cc1C. The van der Waals surface area contributed by atoms with E-state index >= 15 is 0 Å². The van der Waals surface area contributed by atoms with Crippen LogP contribution < -0.4 is 4.74 Å². The van der Waals surface area contributed by atoms with Crippen LogP contribution in [0.25, 0.3) is 0 Å². The highest BCUT2D eigenvalue weighted by atomic mass is 32.2. The molecule has 0 aromatic heterocycles. The number of aryl methyl sites for hydroxylation is 2. The van der Waals surface area contributed by atoms with Gasteiger partial charge in [0.05, 0.1) is 10.9 Å². The summed E-state index contributed by atoms with van der Waals surface area (Å²) in [4.78, 5) is 15.3. The molecule has 0 aliphatic carbocycles. The van der Waals surface area contributed by atoms with Gasteiger partial charge < -0.3 is 9.47 Å². The fourth-order valence-electron chi connectivity index (χ4n) is 3.18. The molecule has 0 N–H and O–H groups in total. The number of hydrogen-bond acceptors (Lipinski definition) is 3. The van der Waals surface area contributed by atoms with Crippen LogP contribution in [0.3, 0.4) is 0 Å². The molecule has 3 rings (SSSR count). The van der Waals surface area contributed by atoms with Gasteiger partial charge in [0.1, 0.15) is 19.0 Å². The van der Waals surface area contributed by atoms with E-state index in [1.54, 1.807) is 6.92 Å². The van der Waals surface area contributed by atoms with Crippen LogP contribution in [-0.2, 0) is 20.4 Å². The number of benzene rings is 3. The zero-order valence-electron chi connectivity index (χ0n) is 17.7. The highest BCUT2D eigenvalue weighted by Gasteiger charge is 2.29. The molecule has 0 unspecified atom stereocenters. The molecule has 0 aliphatic heterocycles. The largest absolute Gasteiger partial charge is 0.489 e. The molecule has 0 amide bonds. The maximum Gasteiger partial charge on any atom is 0.333 e. The Hall–Kier alpha value is -2.98. The van der Waals surface area contributed by atoms with Crippen LogP contribution in [0.1, 0.15) is 18.1 Å². The molecule has 3 aromatic rings. The molecule has 3 nitrogen and oxygen atoms in total. The van der Waals surface area contributed by atoms with E-state index in [1.165, 1.54) is 14.7 Å². The van der Waals surface area contributed by atoms with E-state index < -0.39 is 5.97 Å². The van der Waals surface area contributed by atoms with Crippen molar-refractivity contribution in [3.05, 3.63) is 96.1 Å². The second-order valence-electron chi connectivity index (χ2n) is 7.08. The Kier molecular flexibility index (Phi) is 7.36. The minimum absolute atomic E-state index is 0.197. The molecule has 0 heterocycles. The molecule has 154 valence electrons. The Bertz CT molecular complexity index is 950. The van der Waals surface area contributed by atoms with Gasteiger partial charge in [0, 0.05) is 17.7 Å². The first-order chi connectivity index (χ1) is 14.5. The second kappa shape index (κ2) is 10.2. The van der Waals surface area contributed by atoms with Crippen LogP contribution in [0, 0.1) is 13.8 Å². The predicted molar refractivity (Wildman–Crippen MR) is 122 cm³/mol. The lowest BCUT2D eigenvalue weighted by atomic mass is 10.1. The average Bonchev–Trinajstić information content (AvgIpc) is 2.74. The standard InChI is InChI=1S/C26H27O3S/c1-19(2)26(27)29-16-15-28-25-20(3)17-24(18-21(25)4)30(22-11-7-5-8-12-22)23-13-9-6-10-14-23/h5-14,17-18H,1,15-16H2,2-4H3/q+1. The predicted octanol–water partition coefficient (Wildman–Crippen LogP) is 5.90. The van der Waals surface area contributed by atoms with Crippen LogP contribution in [0.2, 0.25) is 0 Å². The Morgan fingerprint density at radius 3 is 1.80 bits per heavy atom. The van der Waals surface area contributed by atoms with E-state index in [1.807, 2.05) is 12.1 Å². The number of ether oxygens (including phenoxy) is 2. The summed E-state index contributed by atoms with van der Waals surface area (Å²) in [7, 11) is -0.197. The van der Waals surface area contributed by atoms with Crippen molar-refractivity contribution in [2.75, 3.05) is 13.2 Å². The Labute approximate surface area is 181 Å². The summed E-state index contributed by atoms with van der Waals surface area (Å²) in [6.45, 7) is 9.84. The summed E-state index contributed by atoms with van der Waals surface area (Å²) < 4.78 is 11.1. The number of hydrogen-bond donors (Lipinski definition) is 0. The molecule has 0 radical (unpaired) electrons. The van der Waals surface area contributed by atoms with Gasteiger partial charge in [0.15, 0.2) is 14.7 Å². The molecule has 3 aromatic carbocycles. The lowest BCUT2D eigenvalue weighted by Gasteiger charge is -2.15. The van der Waals surface area contributed by atoms with Crippen molar-refractivity contribution in [1.82, 2.24) is 0 Å². The van der Waals surface area contributed by atoms with Crippen molar-refractivity contribution in [2.45, 2.75) is 35.5 Å². The lowest BCUT2D eigenvalue weighted by molar-refractivity contribution is -0.139. The average molecular weight is 420 g/mol. The third kappa shape index (κ3) is 5.33. The van der Waals surface area contributed by atoms with Crippen molar-refractivity contribution in [3.8, 4) is 5.75 Å². The minimum Gasteiger partial charge on any atom is -0.489 e. The van der Waals surface area contributed by atoms with Crippen LogP contribution >= 0.6 is 0 Å². The summed E-state index contributed by atoms with van der Waals surface area (Å²) in [6, 6.07) is 25.6. The molecular weight excluding hydrogens is 392 g/mol. The van der Waals surface area contributed by atoms with Gasteiger partial charge in [0.2, 0.25) is 0 Å². The van der Waals surface area contributed by atoms with E-state index in [0.29, 0.717) is 12.2 Å². The smallest absolute Gasteiger partial charge is 0.333 e. The van der Waals surface area contributed by atoms with E-state index in [9.17, 15) is 4.79 Å². The zero-order valence-corrected chi connectivity index (χ0v) is 18.5. The van der Waals surface area contributed by atoms with Gasteiger partial charge in [-0.2, -0.15) is 0 Å². The van der Waals surface area contributed by atoms with Crippen molar-refractivity contribution < 1.29 is 14.3 Å². The van der Waals surface area contributed by atoms with Gasteiger partial charge >= 0.3 is 5.97 Å². The summed E-state index contributed by atoms with van der Waals surface area (Å²) in [6.07, 6.45) is 0. The monoisotopic (exact) mass is 419 g/mol. The molecule has 0 aliphatic rings.